The molecule has 12 nitrogen and oxygen atoms in total. The van der Waals surface area contributed by atoms with E-state index in [0.717, 1.165) is 12.1 Å². The minimum Gasteiger partial charge on any atom is -0.479 e. The van der Waals surface area contributed by atoms with Crippen LogP contribution in [-0.2, 0) is 25.5 Å². The first kappa shape index (κ1) is 26.8. The van der Waals surface area contributed by atoms with Gasteiger partial charge in [-0.1, -0.05) is 6.07 Å². The lowest BCUT2D eigenvalue weighted by Gasteiger charge is -2.29. The highest BCUT2D eigenvalue weighted by molar-refractivity contribution is 6.28. The van der Waals surface area contributed by atoms with E-state index in [-0.39, 0.29) is 46.8 Å². The minimum atomic E-state index is -2.83. The summed E-state index contributed by atoms with van der Waals surface area (Å²) in [7, 11) is 1.22. The van der Waals surface area contributed by atoms with Crippen LogP contribution in [0.1, 0.15) is 17.5 Å². The molecule has 2 heterocycles. The number of methoxy groups -OCH3 is 1. The smallest absolute Gasteiger partial charge is 0.348 e. The third-order valence-corrected chi connectivity index (χ3v) is 5.70. The van der Waals surface area contributed by atoms with Gasteiger partial charge < -0.3 is 35.6 Å². The highest BCUT2D eigenvalue weighted by Crippen LogP contribution is 2.36. The van der Waals surface area contributed by atoms with Gasteiger partial charge in [0.25, 0.3) is 5.60 Å². The number of carboxylic acids is 2. The van der Waals surface area contributed by atoms with E-state index in [2.05, 4.69) is 15.3 Å². The van der Waals surface area contributed by atoms with E-state index in [4.69, 9.17) is 32.1 Å². The molecule has 2 atom stereocenters. The Balaban J connectivity index is 1.76. The fraction of sp³-hybridized carbons (Fsp3) is 0.381. The molecule has 0 radical (unpaired) electrons. The number of aliphatic carboxylic acids is 2. The predicted octanol–water partition coefficient (Wildman–Crippen LogP) is 1.78. The number of fused-ring (bicyclic) bond motifs is 1. The van der Waals surface area contributed by atoms with Crippen molar-refractivity contribution in [3.63, 3.8) is 0 Å². The van der Waals surface area contributed by atoms with Crippen LogP contribution in [0.4, 0.5) is 26.1 Å². The number of nitriles is 1. The van der Waals surface area contributed by atoms with Crippen molar-refractivity contribution in [2.75, 3.05) is 36.3 Å². The van der Waals surface area contributed by atoms with Gasteiger partial charge in [0.1, 0.15) is 17.6 Å². The van der Waals surface area contributed by atoms with Gasteiger partial charge in [0, 0.05) is 20.0 Å². The highest BCUT2D eigenvalue weighted by atomic mass is 35.5. The predicted molar refractivity (Wildman–Crippen MR) is 122 cm³/mol. The largest absolute Gasteiger partial charge is 0.479 e. The second-order valence-corrected chi connectivity index (χ2v) is 8.10. The Bertz CT molecular complexity index is 1200. The van der Waals surface area contributed by atoms with E-state index in [1.54, 1.807) is 6.07 Å². The molecular formula is C21H21ClF2N6O6. The van der Waals surface area contributed by atoms with Gasteiger partial charge in [0.05, 0.1) is 24.9 Å². The Kier molecular flexibility index (Phi) is 8.08. The van der Waals surface area contributed by atoms with E-state index in [1.165, 1.54) is 18.1 Å². The van der Waals surface area contributed by atoms with Crippen molar-refractivity contribution in [2.24, 2.45) is 0 Å². The van der Waals surface area contributed by atoms with Crippen molar-refractivity contribution in [3.8, 4) is 6.07 Å². The molecule has 0 fully saturated rings. The lowest BCUT2D eigenvalue weighted by Crippen LogP contribution is -2.52. The average Bonchev–Trinajstić information content (AvgIpc) is 3.24. The number of halogens is 3. The van der Waals surface area contributed by atoms with Crippen LogP contribution in [0.5, 0.6) is 0 Å². The molecule has 0 spiro atoms. The number of hydrogen-bond donors (Lipinski definition) is 4. The van der Waals surface area contributed by atoms with E-state index < -0.39 is 48.8 Å². The number of carbonyl (C=O) groups is 2. The van der Waals surface area contributed by atoms with Crippen molar-refractivity contribution in [3.05, 3.63) is 40.4 Å². The molecule has 1 aromatic carbocycles. The van der Waals surface area contributed by atoms with Gasteiger partial charge in [0.15, 0.2) is 17.9 Å². The van der Waals surface area contributed by atoms with Gasteiger partial charge in [-0.25, -0.2) is 18.4 Å². The zero-order valence-corrected chi connectivity index (χ0v) is 19.5. The first-order chi connectivity index (χ1) is 17.0. The summed E-state index contributed by atoms with van der Waals surface area (Å²) in [5.41, 5.74) is 2.88. The highest BCUT2D eigenvalue weighted by Gasteiger charge is 2.49. The number of nitrogen functional groups attached to an aromatic ring is 1. The van der Waals surface area contributed by atoms with Crippen LogP contribution in [0, 0.1) is 17.1 Å². The Morgan fingerprint density at radius 2 is 2.08 bits per heavy atom. The molecule has 0 saturated heterocycles. The quantitative estimate of drug-likeness (QED) is 0.189. The minimum absolute atomic E-state index is 0.0224. The van der Waals surface area contributed by atoms with E-state index >= 15 is 4.39 Å². The molecule has 0 saturated carbocycles. The zero-order valence-electron chi connectivity index (χ0n) is 18.7. The molecule has 2 unspecified atom stereocenters. The summed E-state index contributed by atoms with van der Waals surface area (Å²) in [6, 6.07) is 4.77. The molecule has 1 aliphatic rings. The summed E-state index contributed by atoms with van der Waals surface area (Å²) >= 11 is 5.81. The van der Waals surface area contributed by atoms with Crippen molar-refractivity contribution >= 4 is 40.9 Å². The number of alkyl halides is 1. The Morgan fingerprint density at radius 3 is 2.67 bits per heavy atom. The van der Waals surface area contributed by atoms with Gasteiger partial charge in [-0.15, -0.1) is 0 Å². The van der Waals surface area contributed by atoms with Crippen molar-refractivity contribution in [2.45, 2.75) is 30.8 Å². The first-order valence-electron chi connectivity index (χ1n) is 10.3. The standard InChI is InChI=1S/C21H21ClF2N6O6/c1-35-12(5-14(24)30-9-27-15-16(26)28-20(22)29-17(15)30)8-36-21(18(31)32,19(33)34)6-10-2-3-11(7-25)13(23)4-10/h2-4,12,14,27H,5-6,8-9H2,1H3,(H,31,32)(H,33,34)(H2,26,28,29). The number of nitrogens with zero attached hydrogens (tertiary/aromatic N) is 4. The fourth-order valence-electron chi connectivity index (χ4n) is 3.56. The van der Waals surface area contributed by atoms with E-state index in [9.17, 15) is 24.2 Å². The monoisotopic (exact) mass is 526 g/mol. The van der Waals surface area contributed by atoms with Crippen LogP contribution in [0.3, 0.4) is 0 Å². The summed E-state index contributed by atoms with van der Waals surface area (Å²) in [4.78, 5) is 32.9. The second kappa shape index (κ2) is 10.9. The Hall–Kier alpha value is -3.80. The molecule has 192 valence electrons. The van der Waals surface area contributed by atoms with Crippen LogP contribution >= 0.6 is 11.6 Å². The van der Waals surface area contributed by atoms with Crippen LogP contribution in [0.25, 0.3) is 0 Å². The zero-order chi connectivity index (χ0) is 26.6. The number of ether oxygens (including phenoxy) is 2. The SMILES string of the molecule is COC(COC(Cc1ccc(C#N)c(F)c1)(C(=O)O)C(=O)O)CC(F)N1CNc2c(N)nc(Cl)nc21. The number of anilines is 3. The summed E-state index contributed by atoms with van der Waals surface area (Å²) in [5, 5.41) is 30.9. The lowest BCUT2D eigenvalue weighted by molar-refractivity contribution is -0.187. The van der Waals surface area contributed by atoms with E-state index in [1.807, 2.05) is 0 Å². The molecule has 5 N–H and O–H groups in total. The molecule has 3 rings (SSSR count). The molecule has 0 bridgehead atoms. The molecule has 15 heteroatoms. The average molecular weight is 527 g/mol. The number of benzene rings is 1. The van der Waals surface area contributed by atoms with Crippen molar-refractivity contribution in [1.29, 1.82) is 5.26 Å². The van der Waals surface area contributed by atoms with Crippen LogP contribution in [0.2, 0.25) is 5.28 Å². The fourth-order valence-corrected chi connectivity index (χ4v) is 3.73. The summed E-state index contributed by atoms with van der Waals surface area (Å²) < 4.78 is 39.7. The number of aromatic nitrogens is 2. The molecule has 2 aromatic rings. The Morgan fingerprint density at radius 1 is 1.39 bits per heavy atom. The van der Waals surface area contributed by atoms with Gasteiger partial charge >= 0.3 is 11.9 Å². The number of nitrogens with one attached hydrogen (secondary N) is 1. The summed E-state index contributed by atoms with van der Waals surface area (Å²) in [6.07, 6.45) is -3.97. The van der Waals surface area contributed by atoms with Gasteiger partial charge in [0.2, 0.25) is 5.28 Å². The maximum Gasteiger partial charge on any atom is 0.348 e. The van der Waals surface area contributed by atoms with Crippen LogP contribution in [-0.4, -0.2) is 70.5 Å². The first-order valence-corrected chi connectivity index (χ1v) is 10.7. The molecule has 36 heavy (non-hydrogen) atoms. The third kappa shape index (κ3) is 5.38. The molecular weight excluding hydrogens is 506 g/mol. The third-order valence-electron chi connectivity index (χ3n) is 5.53. The topological polar surface area (TPSA) is 184 Å². The van der Waals surface area contributed by atoms with Crippen molar-refractivity contribution in [1.82, 2.24) is 9.97 Å². The second-order valence-electron chi connectivity index (χ2n) is 7.76. The number of hydrogen-bond acceptors (Lipinski definition) is 10. The number of carboxylic acid groups (broad SMARTS) is 2. The normalized spacial score (nSPS) is 14.5. The number of nitrogens with two attached hydrogens (primary N) is 1. The summed E-state index contributed by atoms with van der Waals surface area (Å²) in [5.74, 6) is -4.52. The Labute approximate surface area is 208 Å². The van der Waals surface area contributed by atoms with Gasteiger partial charge in [-0.2, -0.15) is 15.2 Å². The van der Waals surface area contributed by atoms with Gasteiger partial charge in [-0.3, -0.25) is 0 Å². The molecule has 0 amide bonds. The lowest BCUT2D eigenvalue weighted by atomic mass is 9.93. The van der Waals surface area contributed by atoms with Crippen LogP contribution < -0.4 is 16.0 Å². The van der Waals surface area contributed by atoms with E-state index in [0.29, 0.717) is 0 Å². The number of rotatable bonds is 11. The molecule has 0 aliphatic carbocycles. The molecule has 1 aliphatic heterocycles. The maximum atomic E-state index is 15.2. The summed E-state index contributed by atoms with van der Waals surface area (Å²) in [6.45, 7) is -0.652. The maximum absolute atomic E-state index is 15.2. The van der Waals surface area contributed by atoms with Gasteiger partial charge in [-0.05, 0) is 29.3 Å². The van der Waals surface area contributed by atoms with Crippen LogP contribution in [0.15, 0.2) is 18.2 Å². The van der Waals surface area contributed by atoms with Crippen molar-refractivity contribution < 1.29 is 38.1 Å². The molecule has 1 aromatic heterocycles.